The van der Waals surface area contributed by atoms with Crippen LogP contribution in [0.3, 0.4) is 0 Å². The van der Waals surface area contributed by atoms with Crippen molar-refractivity contribution in [1.29, 1.82) is 0 Å². The third-order valence-corrected chi connectivity index (χ3v) is 3.04. The molecule has 2 nitrogen and oxygen atoms in total. The van der Waals surface area contributed by atoms with Gasteiger partial charge in [0.1, 0.15) is 0 Å². The SMILES string of the molecule is O=C(O)Cc1ccccc1-c1ccc(Br)cc1. The Balaban J connectivity index is 2.44. The highest BCUT2D eigenvalue weighted by Crippen LogP contribution is 2.25. The first-order valence-corrected chi connectivity index (χ1v) is 6.02. The van der Waals surface area contributed by atoms with Crippen molar-refractivity contribution in [1.82, 2.24) is 0 Å². The first-order valence-electron chi connectivity index (χ1n) is 5.22. The number of hydrogen-bond donors (Lipinski definition) is 1. The zero-order valence-corrected chi connectivity index (χ0v) is 10.6. The van der Waals surface area contributed by atoms with Crippen LogP contribution in [0.15, 0.2) is 53.0 Å². The summed E-state index contributed by atoms with van der Waals surface area (Å²) in [4.78, 5) is 10.8. The summed E-state index contributed by atoms with van der Waals surface area (Å²) in [6.45, 7) is 0. The minimum absolute atomic E-state index is 0.0479. The van der Waals surface area contributed by atoms with Crippen LogP contribution < -0.4 is 0 Å². The van der Waals surface area contributed by atoms with Crippen LogP contribution in [0.5, 0.6) is 0 Å². The monoisotopic (exact) mass is 290 g/mol. The van der Waals surface area contributed by atoms with E-state index in [0.717, 1.165) is 21.2 Å². The number of benzene rings is 2. The minimum Gasteiger partial charge on any atom is -0.481 e. The Bertz CT molecular complexity index is 532. The molecule has 0 amide bonds. The van der Waals surface area contributed by atoms with Gasteiger partial charge in [0.05, 0.1) is 6.42 Å². The third-order valence-electron chi connectivity index (χ3n) is 2.51. The molecule has 0 heterocycles. The van der Waals surface area contributed by atoms with Gasteiger partial charge in [0.2, 0.25) is 0 Å². The summed E-state index contributed by atoms with van der Waals surface area (Å²) in [5.41, 5.74) is 2.84. The lowest BCUT2D eigenvalue weighted by Crippen LogP contribution is -2.01. The lowest BCUT2D eigenvalue weighted by Gasteiger charge is -2.07. The van der Waals surface area contributed by atoms with E-state index in [0.29, 0.717) is 0 Å². The summed E-state index contributed by atoms with van der Waals surface area (Å²) in [6, 6.07) is 15.4. The second kappa shape index (κ2) is 5.15. The summed E-state index contributed by atoms with van der Waals surface area (Å²) in [5, 5.41) is 8.87. The van der Waals surface area contributed by atoms with Gasteiger partial charge in [-0.3, -0.25) is 4.79 Å². The van der Waals surface area contributed by atoms with Gasteiger partial charge in [0.15, 0.2) is 0 Å². The molecule has 0 aromatic heterocycles. The van der Waals surface area contributed by atoms with Gasteiger partial charge in [-0.05, 0) is 28.8 Å². The molecule has 0 aliphatic rings. The molecule has 0 saturated carbocycles. The maximum absolute atomic E-state index is 10.8. The molecule has 0 saturated heterocycles. The molecular weight excluding hydrogens is 280 g/mol. The summed E-state index contributed by atoms with van der Waals surface area (Å²) in [7, 11) is 0. The highest BCUT2D eigenvalue weighted by molar-refractivity contribution is 9.10. The summed E-state index contributed by atoms with van der Waals surface area (Å²) < 4.78 is 1.01. The summed E-state index contributed by atoms with van der Waals surface area (Å²) >= 11 is 3.38. The van der Waals surface area contributed by atoms with Crippen molar-refractivity contribution in [2.75, 3.05) is 0 Å². The molecule has 2 aromatic rings. The van der Waals surface area contributed by atoms with Crippen LogP contribution in [-0.2, 0) is 11.2 Å². The van der Waals surface area contributed by atoms with Gasteiger partial charge in [-0.1, -0.05) is 52.3 Å². The molecule has 86 valence electrons. The van der Waals surface area contributed by atoms with Crippen molar-refractivity contribution < 1.29 is 9.90 Å². The van der Waals surface area contributed by atoms with E-state index >= 15 is 0 Å². The van der Waals surface area contributed by atoms with Crippen LogP contribution in [0.25, 0.3) is 11.1 Å². The molecule has 0 unspecified atom stereocenters. The second-order valence-corrected chi connectivity index (χ2v) is 4.65. The molecule has 0 radical (unpaired) electrons. The number of carboxylic acids is 1. The quantitative estimate of drug-likeness (QED) is 0.935. The zero-order chi connectivity index (χ0) is 12.3. The van der Waals surface area contributed by atoms with Crippen LogP contribution >= 0.6 is 15.9 Å². The maximum Gasteiger partial charge on any atom is 0.307 e. The van der Waals surface area contributed by atoms with Gasteiger partial charge in [-0.2, -0.15) is 0 Å². The van der Waals surface area contributed by atoms with Gasteiger partial charge in [0, 0.05) is 4.47 Å². The fourth-order valence-corrected chi connectivity index (χ4v) is 2.01. The lowest BCUT2D eigenvalue weighted by atomic mass is 9.98. The smallest absolute Gasteiger partial charge is 0.307 e. The molecule has 0 spiro atoms. The molecule has 0 atom stereocenters. The van der Waals surface area contributed by atoms with Crippen LogP contribution in [0.2, 0.25) is 0 Å². The fourth-order valence-electron chi connectivity index (χ4n) is 1.75. The van der Waals surface area contributed by atoms with Crippen molar-refractivity contribution in [2.24, 2.45) is 0 Å². The van der Waals surface area contributed by atoms with E-state index in [2.05, 4.69) is 15.9 Å². The molecule has 2 rings (SSSR count). The Morgan fingerprint density at radius 1 is 1.06 bits per heavy atom. The van der Waals surface area contributed by atoms with E-state index in [9.17, 15) is 4.79 Å². The number of carboxylic acid groups (broad SMARTS) is 1. The summed E-state index contributed by atoms with van der Waals surface area (Å²) in [5.74, 6) is -0.811. The molecule has 0 fully saturated rings. The first-order chi connectivity index (χ1) is 8.16. The van der Waals surface area contributed by atoms with Crippen LogP contribution in [-0.4, -0.2) is 11.1 Å². The van der Waals surface area contributed by atoms with Crippen molar-refractivity contribution in [3.63, 3.8) is 0 Å². The van der Waals surface area contributed by atoms with Crippen molar-refractivity contribution in [3.05, 3.63) is 58.6 Å². The van der Waals surface area contributed by atoms with Gasteiger partial charge < -0.3 is 5.11 Å². The van der Waals surface area contributed by atoms with E-state index in [1.807, 2.05) is 48.5 Å². The van der Waals surface area contributed by atoms with E-state index < -0.39 is 5.97 Å². The molecule has 0 bridgehead atoms. The maximum atomic E-state index is 10.8. The van der Waals surface area contributed by atoms with Gasteiger partial charge >= 0.3 is 5.97 Å². The first kappa shape index (κ1) is 11.9. The van der Waals surface area contributed by atoms with Gasteiger partial charge in [-0.15, -0.1) is 0 Å². The predicted octanol–water partition coefficient (Wildman–Crippen LogP) is 3.74. The predicted molar refractivity (Wildman–Crippen MR) is 70.9 cm³/mol. The van der Waals surface area contributed by atoms with Crippen molar-refractivity contribution >= 4 is 21.9 Å². The average Bonchev–Trinajstić information content (AvgIpc) is 2.30. The normalized spacial score (nSPS) is 10.2. The molecule has 1 N–H and O–H groups in total. The molecule has 0 aliphatic heterocycles. The van der Waals surface area contributed by atoms with Crippen molar-refractivity contribution in [2.45, 2.75) is 6.42 Å². The van der Waals surface area contributed by atoms with Crippen LogP contribution in [0.1, 0.15) is 5.56 Å². The number of halogens is 1. The Morgan fingerprint density at radius 3 is 2.35 bits per heavy atom. The topological polar surface area (TPSA) is 37.3 Å². The van der Waals surface area contributed by atoms with Crippen molar-refractivity contribution in [3.8, 4) is 11.1 Å². The Kier molecular flexibility index (Phi) is 3.59. The van der Waals surface area contributed by atoms with E-state index in [-0.39, 0.29) is 6.42 Å². The Hall–Kier alpha value is -1.61. The highest BCUT2D eigenvalue weighted by Gasteiger charge is 2.07. The number of rotatable bonds is 3. The van der Waals surface area contributed by atoms with E-state index in [1.165, 1.54) is 0 Å². The van der Waals surface area contributed by atoms with Gasteiger partial charge in [-0.25, -0.2) is 0 Å². The largest absolute Gasteiger partial charge is 0.481 e. The third kappa shape index (κ3) is 2.94. The standard InChI is InChI=1S/C14H11BrO2/c15-12-7-5-10(6-8-12)13-4-2-1-3-11(13)9-14(16)17/h1-8H,9H2,(H,16,17). The number of carbonyl (C=O) groups is 1. The molecule has 0 aliphatic carbocycles. The van der Waals surface area contributed by atoms with Gasteiger partial charge in [0.25, 0.3) is 0 Å². The average molecular weight is 291 g/mol. The lowest BCUT2D eigenvalue weighted by molar-refractivity contribution is -0.136. The summed E-state index contributed by atoms with van der Waals surface area (Å²) in [6.07, 6.45) is 0.0479. The number of aliphatic carboxylic acids is 1. The minimum atomic E-state index is -0.811. The highest BCUT2D eigenvalue weighted by atomic mass is 79.9. The van der Waals surface area contributed by atoms with Crippen LogP contribution in [0.4, 0.5) is 0 Å². The van der Waals surface area contributed by atoms with E-state index in [4.69, 9.17) is 5.11 Å². The molecule has 17 heavy (non-hydrogen) atoms. The zero-order valence-electron chi connectivity index (χ0n) is 9.06. The molecular formula is C14H11BrO2. The Morgan fingerprint density at radius 2 is 1.71 bits per heavy atom. The fraction of sp³-hybridized carbons (Fsp3) is 0.0714. The van der Waals surface area contributed by atoms with E-state index in [1.54, 1.807) is 0 Å². The molecule has 2 aromatic carbocycles. The molecule has 3 heteroatoms. The Labute approximate surface area is 108 Å². The number of hydrogen-bond acceptors (Lipinski definition) is 1. The second-order valence-electron chi connectivity index (χ2n) is 3.73. The van der Waals surface area contributed by atoms with Crippen LogP contribution in [0, 0.1) is 0 Å².